The zero-order valence-electron chi connectivity index (χ0n) is 36.2. The van der Waals surface area contributed by atoms with E-state index in [1.54, 1.807) is 0 Å². The van der Waals surface area contributed by atoms with Crippen LogP contribution >= 0.6 is 0 Å². The summed E-state index contributed by atoms with van der Waals surface area (Å²) in [5.41, 5.74) is 14.2. The fourth-order valence-corrected chi connectivity index (χ4v) is 10.8. The minimum absolute atomic E-state index is 0.0778. The van der Waals surface area contributed by atoms with E-state index in [1.807, 2.05) is 0 Å². The number of aliphatic imine (C=N–C) groups is 2. The minimum atomic E-state index is -0.363. The number of fused-ring (bicyclic) bond motifs is 8. The summed E-state index contributed by atoms with van der Waals surface area (Å²) in [5.74, 6) is 1.73. The molecule has 13 rings (SSSR count). The third kappa shape index (κ3) is 6.38. The van der Waals surface area contributed by atoms with Crippen molar-refractivity contribution in [1.29, 1.82) is 0 Å². The van der Waals surface area contributed by atoms with Crippen molar-refractivity contribution in [2.75, 3.05) is 4.90 Å². The van der Waals surface area contributed by atoms with Gasteiger partial charge in [-0.15, -0.1) is 0 Å². The molecule has 314 valence electrons. The Morgan fingerprint density at radius 2 is 1.21 bits per heavy atom. The summed E-state index contributed by atoms with van der Waals surface area (Å²) in [4.78, 5) is 13.5. The number of nitrogens with zero attached hydrogens (tertiary/aromatic N) is 4. The summed E-state index contributed by atoms with van der Waals surface area (Å²) in [6.45, 7) is 0. The number of amidine groups is 1. The maximum absolute atomic E-state index is 5.51. The number of nitrogens with one attached hydrogen (secondary N) is 1. The smallest absolute Gasteiger partial charge is 0.212 e. The first kappa shape index (κ1) is 38.2. The molecule has 4 unspecified atom stereocenters. The highest BCUT2D eigenvalue weighted by Gasteiger charge is 2.43. The van der Waals surface area contributed by atoms with Crippen LogP contribution in [0.2, 0.25) is 0 Å². The minimum Gasteiger partial charge on any atom is -0.335 e. The lowest BCUT2D eigenvalue weighted by atomic mass is 9.83. The van der Waals surface area contributed by atoms with E-state index in [2.05, 4.69) is 245 Å². The molecule has 5 nitrogen and oxygen atoms in total. The molecule has 0 saturated carbocycles. The number of anilines is 1. The molecule has 0 radical (unpaired) electrons. The van der Waals surface area contributed by atoms with Crippen LogP contribution in [0.3, 0.4) is 0 Å². The predicted octanol–water partition coefficient (Wildman–Crippen LogP) is 14.1. The normalized spacial score (nSPS) is 19.8. The Hall–Kier alpha value is -8.28. The molecule has 0 fully saturated rings. The van der Waals surface area contributed by atoms with Crippen molar-refractivity contribution in [1.82, 2.24) is 9.88 Å². The molecule has 66 heavy (non-hydrogen) atoms. The summed E-state index contributed by atoms with van der Waals surface area (Å²) in [7, 11) is 0. The summed E-state index contributed by atoms with van der Waals surface area (Å²) >= 11 is 0. The maximum Gasteiger partial charge on any atom is 0.212 e. The highest BCUT2D eigenvalue weighted by molar-refractivity contribution is 6.20. The van der Waals surface area contributed by atoms with Crippen molar-refractivity contribution in [3.05, 3.63) is 264 Å². The fourth-order valence-electron chi connectivity index (χ4n) is 10.8. The first-order chi connectivity index (χ1) is 32.7. The first-order valence-corrected chi connectivity index (χ1v) is 23.0. The lowest BCUT2D eigenvalue weighted by Gasteiger charge is -2.37. The number of hydrogen-bond donors (Lipinski definition) is 1. The molecule has 8 aromatic carbocycles. The summed E-state index contributed by atoms with van der Waals surface area (Å²) < 4.78 is 2.39. The topological polar surface area (TPSA) is 44.9 Å². The van der Waals surface area contributed by atoms with Gasteiger partial charge in [0.05, 0.1) is 22.8 Å². The van der Waals surface area contributed by atoms with Gasteiger partial charge in [0, 0.05) is 33.9 Å². The number of aromatic nitrogens is 1. The van der Waals surface area contributed by atoms with E-state index in [0.717, 1.165) is 40.1 Å². The predicted molar refractivity (Wildman–Crippen MR) is 274 cm³/mol. The van der Waals surface area contributed by atoms with Crippen LogP contribution in [-0.2, 0) is 0 Å². The van der Waals surface area contributed by atoms with Crippen molar-refractivity contribution in [2.24, 2.45) is 9.98 Å². The van der Waals surface area contributed by atoms with E-state index in [9.17, 15) is 0 Å². The van der Waals surface area contributed by atoms with Gasteiger partial charge in [-0.3, -0.25) is 4.57 Å². The van der Waals surface area contributed by atoms with Crippen molar-refractivity contribution in [3.63, 3.8) is 0 Å². The van der Waals surface area contributed by atoms with E-state index < -0.39 is 0 Å². The molecule has 0 spiro atoms. The zero-order chi connectivity index (χ0) is 43.6. The van der Waals surface area contributed by atoms with E-state index >= 15 is 0 Å². The standard InChI is InChI=1S/C61H45N5/c1-4-16-40(17-5-1)42-28-31-45(32-29-42)60-62-59(44-21-8-3-9-22-44)63-61(64-60)66-55-27-15-13-25-51(55)53-37-36-52-50-24-12-14-26-54(50)65(57(52)58(53)66)56-39-48(34-35-49(56)43-19-6-2-7-20-43)47-33-30-41-18-10-11-23-46(41)38-47/h1-34,36-39,49-50,54,59H,35H2,(H,62,63,64). The average molecular weight is 848 g/mol. The molecule has 2 aliphatic heterocycles. The highest BCUT2D eigenvalue weighted by Crippen LogP contribution is 2.54. The van der Waals surface area contributed by atoms with Crippen LogP contribution in [0.15, 0.2) is 246 Å². The monoisotopic (exact) mass is 847 g/mol. The molecule has 5 heteroatoms. The Bertz CT molecular complexity index is 3540. The van der Waals surface area contributed by atoms with Gasteiger partial charge in [-0.25, -0.2) is 4.99 Å². The van der Waals surface area contributed by atoms with Gasteiger partial charge in [-0.1, -0.05) is 212 Å². The molecule has 4 aliphatic rings. The Morgan fingerprint density at radius 1 is 0.545 bits per heavy atom. The second-order valence-corrected chi connectivity index (χ2v) is 17.7. The van der Waals surface area contributed by atoms with E-state index in [0.29, 0.717) is 5.84 Å². The van der Waals surface area contributed by atoms with Crippen LogP contribution in [0.1, 0.15) is 52.2 Å². The highest BCUT2D eigenvalue weighted by atomic mass is 15.3. The van der Waals surface area contributed by atoms with Crippen molar-refractivity contribution in [3.8, 4) is 11.1 Å². The number of allylic oxidation sites excluding steroid dienone is 6. The van der Waals surface area contributed by atoms with Gasteiger partial charge in [0.25, 0.3) is 0 Å². The van der Waals surface area contributed by atoms with Crippen LogP contribution in [0.25, 0.3) is 49.3 Å². The van der Waals surface area contributed by atoms with Crippen molar-refractivity contribution >= 4 is 55.6 Å². The largest absolute Gasteiger partial charge is 0.335 e. The van der Waals surface area contributed by atoms with Gasteiger partial charge in [0.1, 0.15) is 6.17 Å². The molecule has 0 amide bonds. The van der Waals surface area contributed by atoms with Gasteiger partial charge >= 0.3 is 0 Å². The van der Waals surface area contributed by atoms with Crippen LogP contribution < -0.4 is 10.2 Å². The SMILES string of the molecule is C1=CC2c3ccc4c5ccccc5n(C5=NC(c6ccc(-c7ccccc7)cc6)=NC(c6ccccc6)N5)c4c3N(C3=CC(c4ccc5ccccc5c4)=CCC3c3ccccc3)C2C=C1. The van der Waals surface area contributed by atoms with Crippen LogP contribution in [0.4, 0.5) is 5.69 Å². The van der Waals surface area contributed by atoms with Crippen molar-refractivity contribution < 1.29 is 0 Å². The van der Waals surface area contributed by atoms with Gasteiger partial charge in [0.15, 0.2) is 5.84 Å². The Kier molecular flexibility index (Phi) is 9.12. The molecular formula is C61H45N5. The summed E-state index contributed by atoms with van der Waals surface area (Å²) in [6.07, 6.45) is 14.7. The van der Waals surface area contributed by atoms with Crippen LogP contribution in [0, 0.1) is 0 Å². The Balaban J connectivity index is 1.04. The van der Waals surface area contributed by atoms with Gasteiger partial charge in [0.2, 0.25) is 5.96 Å². The average Bonchev–Trinajstić information content (AvgIpc) is 3.92. The van der Waals surface area contributed by atoms with E-state index in [1.165, 1.54) is 60.8 Å². The maximum atomic E-state index is 5.51. The molecule has 0 bridgehead atoms. The molecule has 0 saturated heterocycles. The summed E-state index contributed by atoms with van der Waals surface area (Å²) in [5, 5.41) is 8.75. The van der Waals surface area contributed by atoms with Crippen LogP contribution in [-0.4, -0.2) is 22.4 Å². The van der Waals surface area contributed by atoms with Gasteiger partial charge < -0.3 is 10.2 Å². The van der Waals surface area contributed by atoms with Crippen molar-refractivity contribution in [2.45, 2.75) is 30.5 Å². The molecule has 9 aromatic rings. The molecule has 4 atom stereocenters. The number of benzene rings is 8. The van der Waals surface area contributed by atoms with E-state index in [4.69, 9.17) is 9.98 Å². The quantitative estimate of drug-likeness (QED) is 0.181. The first-order valence-electron chi connectivity index (χ1n) is 23.0. The molecule has 1 aromatic heterocycles. The number of hydrogen-bond acceptors (Lipinski definition) is 4. The molecule has 3 heterocycles. The molecular weight excluding hydrogens is 803 g/mol. The second kappa shape index (κ2) is 15.8. The molecule has 2 aliphatic carbocycles. The van der Waals surface area contributed by atoms with Crippen LogP contribution in [0.5, 0.6) is 0 Å². The Morgan fingerprint density at radius 3 is 2.03 bits per heavy atom. The number of rotatable bonds is 6. The van der Waals surface area contributed by atoms with E-state index in [-0.39, 0.29) is 24.0 Å². The summed E-state index contributed by atoms with van der Waals surface area (Å²) in [6, 6.07) is 70.0. The van der Waals surface area contributed by atoms with Gasteiger partial charge in [-0.05, 0) is 74.4 Å². The van der Waals surface area contributed by atoms with Gasteiger partial charge in [-0.2, -0.15) is 4.99 Å². The third-order valence-corrected chi connectivity index (χ3v) is 13.9. The molecule has 1 N–H and O–H groups in total. The lowest BCUT2D eigenvalue weighted by Crippen LogP contribution is -2.38. The lowest BCUT2D eigenvalue weighted by molar-refractivity contribution is 0.660. The number of para-hydroxylation sites is 1. The fraction of sp³-hybridized carbons (Fsp3) is 0.0820. The second-order valence-electron chi connectivity index (χ2n) is 17.7. The third-order valence-electron chi connectivity index (χ3n) is 13.9. The Labute approximate surface area is 384 Å². The zero-order valence-corrected chi connectivity index (χ0v) is 36.2.